The molecule has 1 amide bonds. The first kappa shape index (κ1) is 23.1. The number of aromatic nitrogens is 5. The zero-order chi connectivity index (χ0) is 24.5. The molecule has 0 saturated heterocycles. The van der Waals surface area contributed by atoms with E-state index in [1.54, 1.807) is 24.4 Å². The van der Waals surface area contributed by atoms with E-state index in [4.69, 9.17) is 0 Å². The molecule has 11 heteroatoms. The van der Waals surface area contributed by atoms with Gasteiger partial charge in [0, 0.05) is 30.6 Å². The summed E-state index contributed by atoms with van der Waals surface area (Å²) in [5, 5.41) is 6.54. The maximum Gasteiger partial charge on any atom is 0.433 e. The van der Waals surface area contributed by atoms with Crippen molar-refractivity contribution in [2.75, 3.05) is 10.6 Å². The summed E-state index contributed by atoms with van der Waals surface area (Å²) in [5.74, 6) is 0.582. The average Bonchev–Trinajstić information content (AvgIpc) is 3.21. The van der Waals surface area contributed by atoms with Crippen molar-refractivity contribution in [3.05, 3.63) is 54.5 Å². The Morgan fingerprint density at radius 1 is 1.06 bits per heavy atom. The van der Waals surface area contributed by atoms with Crippen molar-refractivity contribution in [1.82, 2.24) is 24.9 Å². The van der Waals surface area contributed by atoms with Gasteiger partial charge < -0.3 is 15.6 Å². The molecule has 4 rings (SSSR count). The molecule has 3 N–H and O–H groups in total. The minimum atomic E-state index is -4.58. The Hall–Kier alpha value is -4.02. The lowest BCUT2D eigenvalue weighted by molar-refractivity contribution is -0.141. The van der Waals surface area contributed by atoms with Crippen LogP contribution in [0.3, 0.4) is 0 Å². The topological polar surface area (TPSA) is 108 Å². The van der Waals surface area contributed by atoms with E-state index < -0.39 is 11.9 Å². The van der Waals surface area contributed by atoms with E-state index in [9.17, 15) is 18.0 Å². The Balaban J connectivity index is 1.65. The molecule has 0 aromatic carbocycles. The molecular formula is C23H22F3N7O. The first-order valence-electron chi connectivity index (χ1n) is 10.4. The monoisotopic (exact) mass is 469 g/mol. The number of alkyl halides is 3. The summed E-state index contributed by atoms with van der Waals surface area (Å²) in [6.07, 6.45) is -1.08. The maximum absolute atomic E-state index is 13.1. The van der Waals surface area contributed by atoms with Gasteiger partial charge in [0.25, 0.3) is 0 Å². The molecule has 4 aromatic heterocycles. The van der Waals surface area contributed by atoms with Crippen LogP contribution in [0, 0.1) is 5.41 Å². The van der Waals surface area contributed by atoms with Crippen LogP contribution in [0.5, 0.6) is 0 Å². The Kier molecular flexibility index (Phi) is 5.94. The number of nitrogens with one attached hydrogen (secondary N) is 3. The van der Waals surface area contributed by atoms with E-state index in [2.05, 4.69) is 35.6 Å². The molecule has 176 valence electrons. The molecule has 8 nitrogen and oxygen atoms in total. The fourth-order valence-electron chi connectivity index (χ4n) is 3.25. The van der Waals surface area contributed by atoms with E-state index in [0.29, 0.717) is 34.8 Å². The zero-order valence-corrected chi connectivity index (χ0v) is 18.7. The van der Waals surface area contributed by atoms with E-state index >= 15 is 0 Å². The predicted molar refractivity (Wildman–Crippen MR) is 122 cm³/mol. The van der Waals surface area contributed by atoms with Gasteiger partial charge in [-0.1, -0.05) is 26.8 Å². The number of amides is 1. The van der Waals surface area contributed by atoms with Gasteiger partial charge in [0.05, 0.1) is 5.39 Å². The van der Waals surface area contributed by atoms with Crippen LogP contribution < -0.4 is 10.6 Å². The van der Waals surface area contributed by atoms with E-state index in [1.165, 1.54) is 18.3 Å². The predicted octanol–water partition coefficient (Wildman–Crippen LogP) is 5.55. The quantitative estimate of drug-likeness (QED) is 0.354. The number of nitrogens with zero attached hydrogens (tertiary/aromatic N) is 4. The Morgan fingerprint density at radius 3 is 2.59 bits per heavy atom. The van der Waals surface area contributed by atoms with Gasteiger partial charge >= 0.3 is 6.18 Å². The molecular weight excluding hydrogens is 447 g/mol. The first-order valence-corrected chi connectivity index (χ1v) is 10.4. The highest BCUT2D eigenvalue weighted by Gasteiger charge is 2.32. The number of carbonyl (C=O) groups is 1. The van der Waals surface area contributed by atoms with Crippen LogP contribution in [0.25, 0.3) is 22.6 Å². The van der Waals surface area contributed by atoms with E-state index in [1.807, 2.05) is 20.8 Å². The number of anilines is 3. The summed E-state index contributed by atoms with van der Waals surface area (Å²) in [6, 6.07) is 8.64. The average molecular weight is 469 g/mol. The summed E-state index contributed by atoms with van der Waals surface area (Å²) < 4.78 is 39.3. The highest BCUT2D eigenvalue weighted by molar-refractivity contribution is 5.92. The number of aromatic amines is 1. The van der Waals surface area contributed by atoms with Crippen molar-refractivity contribution in [1.29, 1.82) is 0 Å². The molecule has 0 aliphatic rings. The molecule has 4 heterocycles. The Bertz CT molecular complexity index is 1340. The summed E-state index contributed by atoms with van der Waals surface area (Å²) in [6.45, 7) is 5.89. The molecule has 4 aromatic rings. The zero-order valence-electron chi connectivity index (χ0n) is 18.7. The largest absolute Gasteiger partial charge is 0.433 e. The first-order chi connectivity index (χ1) is 16.0. The van der Waals surface area contributed by atoms with Crippen LogP contribution in [0.2, 0.25) is 0 Å². The van der Waals surface area contributed by atoms with Crippen LogP contribution in [0.1, 0.15) is 32.9 Å². The molecule has 0 unspecified atom stereocenters. The molecule has 0 aliphatic carbocycles. The van der Waals surface area contributed by atoms with Crippen LogP contribution in [-0.4, -0.2) is 30.8 Å². The highest BCUT2D eigenvalue weighted by Crippen LogP contribution is 2.31. The number of fused-ring (bicyclic) bond motifs is 1. The van der Waals surface area contributed by atoms with Gasteiger partial charge in [0.2, 0.25) is 5.91 Å². The van der Waals surface area contributed by atoms with Crippen LogP contribution in [-0.2, 0) is 11.0 Å². The van der Waals surface area contributed by atoms with Crippen molar-refractivity contribution >= 4 is 34.3 Å². The molecule has 0 aliphatic heterocycles. The summed E-state index contributed by atoms with van der Waals surface area (Å²) in [7, 11) is 0. The van der Waals surface area contributed by atoms with Crippen LogP contribution in [0.4, 0.5) is 30.5 Å². The van der Waals surface area contributed by atoms with Crippen molar-refractivity contribution in [2.45, 2.75) is 33.4 Å². The maximum atomic E-state index is 13.1. The molecule has 34 heavy (non-hydrogen) atoms. The Labute approximate surface area is 193 Å². The van der Waals surface area contributed by atoms with Gasteiger partial charge in [-0.05, 0) is 29.7 Å². The number of hydrogen-bond acceptors (Lipinski definition) is 6. The molecule has 0 bridgehead atoms. The lowest BCUT2D eigenvalue weighted by atomic mass is 9.92. The third-order valence-electron chi connectivity index (χ3n) is 4.67. The fraction of sp³-hybridized carbons (Fsp3) is 0.261. The highest BCUT2D eigenvalue weighted by atomic mass is 19.4. The van der Waals surface area contributed by atoms with E-state index in [-0.39, 0.29) is 22.8 Å². The molecule has 0 atom stereocenters. The lowest BCUT2D eigenvalue weighted by Crippen LogP contribution is -2.20. The number of halogens is 3. The normalized spacial score (nSPS) is 12.1. The SMILES string of the molecule is CC(C)(C)CC(=O)Nc1cc(Nc2nc(-c3cccc(C(F)(F)F)n3)nc3[nH]ccc23)ccn1. The van der Waals surface area contributed by atoms with Gasteiger partial charge in [-0.2, -0.15) is 13.2 Å². The minimum absolute atomic E-state index is 0.0146. The second-order valence-corrected chi connectivity index (χ2v) is 8.88. The molecule has 0 fully saturated rings. The number of H-pyrrole nitrogens is 1. The van der Waals surface area contributed by atoms with Crippen LogP contribution in [0.15, 0.2) is 48.8 Å². The van der Waals surface area contributed by atoms with Crippen molar-refractivity contribution in [3.63, 3.8) is 0 Å². The third kappa shape index (κ3) is 5.48. The number of pyridine rings is 2. The van der Waals surface area contributed by atoms with Gasteiger partial charge in [-0.15, -0.1) is 0 Å². The third-order valence-corrected chi connectivity index (χ3v) is 4.67. The van der Waals surface area contributed by atoms with Crippen molar-refractivity contribution < 1.29 is 18.0 Å². The second-order valence-electron chi connectivity index (χ2n) is 8.88. The van der Waals surface area contributed by atoms with Gasteiger partial charge in [0.1, 0.15) is 28.7 Å². The molecule has 0 saturated carbocycles. The van der Waals surface area contributed by atoms with Crippen molar-refractivity contribution in [2.24, 2.45) is 5.41 Å². The standard InChI is InChI=1S/C23H22F3N7O/c1-22(2,3)12-18(34)31-17-11-13(7-9-27-17)29-20-14-8-10-28-19(14)32-21(33-20)15-5-4-6-16(30-15)23(24,25)26/h4-11H,12H2,1-3H3,(H3,27,28,29,31,32,33,34). The number of rotatable bonds is 5. The smallest absolute Gasteiger partial charge is 0.346 e. The lowest BCUT2D eigenvalue weighted by Gasteiger charge is -2.17. The summed E-state index contributed by atoms with van der Waals surface area (Å²) in [4.78, 5) is 31.8. The van der Waals surface area contributed by atoms with Gasteiger partial charge in [-0.3, -0.25) is 4.79 Å². The minimum Gasteiger partial charge on any atom is -0.346 e. The second kappa shape index (κ2) is 8.73. The number of hydrogen-bond donors (Lipinski definition) is 3. The Morgan fingerprint density at radius 2 is 1.85 bits per heavy atom. The summed E-state index contributed by atoms with van der Waals surface area (Å²) >= 11 is 0. The van der Waals surface area contributed by atoms with E-state index in [0.717, 1.165) is 6.07 Å². The van der Waals surface area contributed by atoms with Crippen molar-refractivity contribution in [3.8, 4) is 11.5 Å². The van der Waals surface area contributed by atoms with Crippen LogP contribution >= 0.6 is 0 Å². The molecule has 0 spiro atoms. The summed E-state index contributed by atoms with van der Waals surface area (Å²) in [5.41, 5.74) is -0.211. The van der Waals surface area contributed by atoms with Gasteiger partial charge in [-0.25, -0.2) is 19.9 Å². The van der Waals surface area contributed by atoms with Gasteiger partial charge in [0.15, 0.2) is 5.82 Å². The number of carbonyl (C=O) groups excluding carboxylic acids is 1. The molecule has 0 radical (unpaired) electrons. The fourth-order valence-corrected chi connectivity index (χ4v) is 3.25.